The Morgan fingerprint density at radius 3 is 2.89 bits per heavy atom. The summed E-state index contributed by atoms with van der Waals surface area (Å²) in [5, 5.41) is 12.5. The molecule has 0 fully saturated rings. The molecule has 0 aromatic heterocycles. The van der Waals surface area contributed by atoms with Crippen molar-refractivity contribution in [2.75, 3.05) is 16.8 Å². The van der Waals surface area contributed by atoms with Crippen molar-refractivity contribution in [1.29, 1.82) is 0 Å². The number of hydrogen-bond acceptors (Lipinski definition) is 3. The summed E-state index contributed by atoms with van der Waals surface area (Å²) in [7, 11) is 0. The van der Waals surface area contributed by atoms with E-state index in [-0.39, 0.29) is 6.04 Å². The summed E-state index contributed by atoms with van der Waals surface area (Å²) >= 11 is 5.17. The topological polar surface area (TPSA) is 49.3 Å². The minimum Gasteiger partial charge on any atom is -0.478 e. The lowest BCUT2D eigenvalue weighted by molar-refractivity contribution is 0.0697. The number of benzene rings is 1. The zero-order chi connectivity index (χ0) is 13.5. The van der Waals surface area contributed by atoms with E-state index in [1.807, 2.05) is 17.8 Å². The van der Waals surface area contributed by atoms with Crippen LogP contribution in [-0.2, 0) is 0 Å². The van der Waals surface area contributed by atoms with Crippen molar-refractivity contribution in [3.05, 3.63) is 28.2 Å². The molecule has 3 nitrogen and oxygen atoms in total. The molecular formula is C13H18BrNO2S. The molecule has 0 amide bonds. The van der Waals surface area contributed by atoms with Gasteiger partial charge < -0.3 is 10.4 Å². The van der Waals surface area contributed by atoms with Crippen LogP contribution in [-0.4, -0.2) is 28.6 Å². The van der Waals surface area contributed by atoms with E-state index in [2.05, 4.69) is 35.1 Å². The summed E-state index contributed by atoms with van der Waals surface area (Å²) in [4.78, 5) is 11.2. The quantitative estimate of drug-likeness (QED) is 0.739. The minimum absolute atomic E-state index is 0.261. The number of thioether (sulfide) groups is 1. The molecule has 1 aromatic carbocycles. The summed E-state index contributed by atoms with van der Waals surface area (Å²) in [6, 6.07) is 5.65. The molecule has 0 saturated carbocycles. The monoisotopic (exact) mass is 331 g/mol. The first-order chi connectivity index (χ1) is 8.56. The maximum absolute atomic E-state index is 11.2. The van der Waals surface area contributed by atoms with E-state index >= 15 is 0 Å². The van der Waals surface area contributed by atoms with Crippen LogP contribution in [0.3, 0.4) is 0 Å². The van der Waals surface area contributed by atoms with Crippen molar-refractivity contribution in [3.63, 3.8) is 0 Å². The third-order valence-electron chi connectivity index (χ3n) is 2.53. The van der Waals surface area contributed by atoms with Crippen LogP contribution in [0.4, 0.5) is 5.69 Å². The zero-order valence-electron chi connectivity index (χ0n) is 10.6. The van der Waals surface area contributed by atoms with E-state index in [4.69, 9.17) is 0 Å². The Morgan fingerprint density at radius 2 is 2.28 bits per heavy atom. The van der Waals surface area contributed by atoms with E-state index in [0.29, 0.717) is 15.7 Å². The Hall–Kier alpha value is -0.680. The number of carbonyl (C=O) groups is 1. The molecule has 0 radical (unpaired) electrons. The van der Waals surface area contributed by atoms with Crippen molar-refractivity contribution in [3.8, 4) is 0 Å². The standard InChI is InChI=1S/C13H18BrNO2S/c1-3-18-8-7-9(2)15-11-6-4-5-10(14)12(11)13(16)17/h4-6,9,15H,3,7-8H2,1-2H3,(H,16,17). The second-order valence-electron chi connectivity index (χ2n) is 4.00. The third-order valence-corrected chi connectivity index (χ3v) is 4.12. The molecule has 1 aromatic rings. The molecule has 1 rings (SSSR count). The fourth-order valence-corrected chi connectivity index (χ4v) is 2.95. The van der Waals surface area contributed by atoms with Crippen LogP contribution in [0.25, 0.3) is 0 Å². The van der Waals surface area contributed by atoms with Crippen molar-refractivity contribution in [1.82, 2.24) is 0 Å². The summed E-state index contributed by atoms with van der Waals surface area (Å²) < 4.78 is 0.607. The first kappa shape index (κ1) is 15.4. The maximum Gasteiger partial charge on any atom is 0.338 e. The molecule has 0 heterocycles. The van der Waals surface area contributed by atoms with Crippen LogP contribution in [0.1, 0.15) is 30.6 Å². The SMILES string of the molecule is CCSCCC(C)Nc1cccc(Br)c1C(=O)O. The first-order valence-electron chi connectivity index (χ1n) is 5.92. The van der Waals surface area contributed by atoms with Crippen LogP contribution in [0, 0.1) is 0 Å². The van der Waals surface area contributed by atoms with Gasteiger partial charge in [-0.1, -0.05) is 13.0 Å². The fourth-order valence-electron chi connectivity index (χ4n) is 1.60. The van der Waals surface area contributed by atoms with Gasteiger partial charge in [0.1, 0.15) is 0 Å². The normalized spacial score (nSPS) is 12.2. The maximum atomic E-state index is 11.2. The zero-order valence-corrected chi connectivity index (χ0v) is 13.0. The number of anilines is 1. The predicted octanol–water partition coefficient (Wildman–Crippen LogP) is 4.09. The Kier molecular flexibility index (Phi) is 6.57. The van der Waals surface area contributed by atoms with Crippen molar-refractivity contribution in [2.24, 2.45) is 0 Å². The van der Waals surface area contributed by atoms with Gasteiger partial charge >= 0.3 is 5.97 Å². The van der Waals surface area contributed by atoms with Gasteiger partial charge in [-0.25, -0.2) is 4.79 Å². The largest absolute Gasteiger partial charge is 0.478 e. The third kappa shape index (κ3) is 4.53. The molecule has 5 heteroatoms. The molecule has 2 N–H and O–H groups in total. The summed E-state index contributed by atoms with van der Waals surface area (Å²) in [5.74, 6) is 1.28. The van der Waals surface area contributed by atoms with Gasteiger partial charge in [-0.05, 0) is 52.9 Å². The number of carboxylic acids is 1. The van der Waals surface area contributed by atoms with E-state index in [9.17, 15) is 9.90 Å². The van der Waals surface area contributed by atoms with Gasteiger partial charge in [-0.3, -0.25) is 0 Å². The number of nitrogens with one attached hydrogen (secondary N) is 1. The van der Waals surface area contributed by atoms with E-state index < -0.39 is 5.97 Å². The average molecular weight is 332 g/mol. The lowest BCUT2D eigenvalue weighted by Gasteiger charge is -2.17. The van der Waals surface area contributed by atoms with Crippen molar-refractivity contribution >= 4 is 39.3 Å². The van der Waals surface area contributed by atoms with Gasteiger partial charge in [0.2, 0.25) is 0 Å². The molecule has 0 aliphatic carbocycles. The number of rotatable bonds is 7. The van der Waals surface area contributed by atoms with Gasteiger partial charge in [0.05, 0.1) is 11.3 Å². The molecular weight excluding hydrogens is 314 g/mol. The van der Waals surface area contributed by atoms with E-state index in [0.717, 1.165) is 17.9 Å². The summed E-state index contributed by atoms with van der Waals surface area (Å²) in [6.45, 7) is 4.21. The molecule has 1 atom stereocenters. The molecule has 18 heavy (non-hydrogen) atoms. The van der Waals surface area contributed by atoms with Gasteiger partial charge in [0.15, 0.2) is 0 Å². The molecule has 0 aliphatic rings. The summed E-state index contributed by atoms with van der Waals surface area (Å²) in [5.41, 5.74) is 0.971. The van der Waals surface area contributed by atoms with Gasteiger partial charge in [-0.15, -0.1) is 0 Å². The number of carboxylic acid groups (broad SMARTS) is 1. The molecule has 0 bridgehead atoms. The fraction of sp³-hybridized carbons (Fsp3) is 0.462. The second kappa shape index (κ2) is 7.69. The van der Waals surface area contributed by atoms with Gasteiger partial charge in [0, 0.05) is 10.5 Å². The van der Waals surface area contributed by atoms with Crippen LogP contribution >= 0.6 is 27.7 Å². The molecule has 0 saturated heterocycles. The summed E-state index contributed by atoms with van der Waals surface area (Å²) in [6.07, 6.45) is 1.02. The smallest absolute Gasteiger partial charge is 0.338 e. The molecule has 100 valence electrons. The Morgan fingerprint density at radius 1 is 1.56 bits per heavy atom. The van der Waals surface area contributed by atoms with E-state index in [1.165, 1.54) is 0 Å². The van der Waals surface area contributed by atoms with Crippen LogP contribution in [0.5, 0.6) is 0 Å². The van der Waals surface area contributed by atoms with Crippen LogP contribution in [0.2, 0.25) is 0 Å². The lowest BCUT2D eigenvalue weighted by atomic mass is 10.1. The lowest BCUT2D eigenvalue weighted by Crippen LogP contribution is -2.18. The van der Waals surface area contributed by atoms with Crippen LogP contribution in [0.15, 0.2) is 22.7 Å². The van der Waals surface area contributed by atoms with Crippen molar-refractivity contribution < 1.29 is 9.90 Å². The second-order valence-corrected chi connectivity index (χ2v) is 6.25. The first-order valence-corrected chi connectivity index (χ1v) is 7.87. The number of halogens is 1. The molecule has 1 unspecified atom stereocenters. The van der Waals surface area contributed by atoms with Crippen LogP contribution < -0.4 is 5.32 Å². The predicted molar refractivity (Wildman–Crippen MR) is 81.8 cm³/mol. The number of aromatic carboxylic acids is 1. The highest BCUT2D eigenvalue weighted by molar-refractivity contribution is 9.10. The highest BCUT2D eigenvalue weighted by atomic mass is 79.9. The number of hydrogen-bond donors (Lipinski definition) is 2. The highest BCUT2D eigenvalue weighted by Gasteiger charge is 2.15. The Balaban J connectivity index is 2.72. The van der Waals surface area contributed by atoms with Gasteiger partial charge in [0.25, 0.3) is 0 Å². The van der Waals surface area contributed by atoms with E-state index in [1.54, 1.807) is 12.1 Å². The Bertz CT molecular complexity index is 412. The Labute approximate surface area is 120 Å². The van der Waals surface area contributed by atoms with Crippen molar-refractivity contribution in [2.45, 2.75) is 26.3 Å². The molecule has 0 spiro atoms. The minimum atomic E-state index is -0.917. The molecule has 0 aliphatic heterocycles. The van der Waals surface area contributed by atoms with Gasteiger partial charge in [-0.2, -0.15) is 11.8 Å². The average Bonchev–Trinajstić information content (AvgIpc) is 2.28. The highest BCUT2D eigenvalue weighted by Crippen LogP contribution is 2.25.